The summed E-state index contributed by atoms with van der Waals surface area (Å²) in [6, 6.07) is 12.7. The van der Waals surface area contributed by atoms with Gasteiger partial charge in [0.1, 0.15) is 12.2 Å². The Morgan fingerprint density at radius 3 is 2.29 bits per heavy atom. The number of anilines is 1. The number of ether oxygens (including phenoxy) is 3. The molecular formula is C29H23Cl3N2O7. The zero-order valence-corrected chi connectivity index (χ0v) is 24.1. The fraction of sp³-hybridized carbons (Fsp3) is 0.172. The van der Waals surface area contributed by atoms with E-state index in [-0.39, 0.29) is 53.2 Å². The van der Waals surface area contributed by atoms with Gasteiger partial charge < -0.3 is 14.2 Å². The Labute approximate surface area is 250 Å². The van der Waals surface area contributed by atoms with Crippen LogP contribution in [0.5, 0.6) is 11.5 Å². The number of rotatable bonds is 9. The molecule has 0 saturated carbocycles. The molecule has 0 atom stereocenters. The van der Waals surface area contributed by atoms with Crippen LogP contribution in [0.25, 0.3) is 6.08 Å². The highest BCUT2D eigenvalue weighted by molar-refractivity contribution is 6.39. The smallest absolute Gasteiger partial charge is 0.338 e. The lowest BCUT2D eigenvalue weighted by Gasteiger charge is -2.26. The molecule has 4 rings (SSSR count). The van der Waals surface area contributed by atoms with Gasteiger partial charge in [0.25, 0.3) is 11.8 Å². The second-order valence-corrected chi connectivity index (χ2v) is 9.76. The van der Waals surface area contributed by atoms with Crippen LogP contribution >= 0.6 is 34.8 Å². The molecule has 41 heavy (non-hydrogen) atoms. The number of hydrogen-bond acceptors (Lipinski definition) is 7. The molecule has 12 heteroatoms. The van der Waals surface area contributed by atoms with Gasteiger partial charge in [-0.05, 0) is 74.0 Å². The van der Waals surface area contributed by atoms with Gasteiger partial charge in [-0.2, -0.15) is 0 Å². The van der Waals surface area contributed by atoms with Gasteiger partial charge >= 0.3 is 12.0 Å². The average molecular weight is 618 g/mol. The Bertz CT molecular complexity index is 1550. The van der Waals surface area contributed by atoms with Crippen molar-refractivity contribution in [3.8, 4) is 11.5 Å². The minimum Gasteiger partial charge on any atom is -0.490 e. The van der Waals surface area contributed by atoms with Gasteiger partial charge in [0.15, 0.2) is 11.5 Å². The number of imide groups is 2. The third-order valence-corrected chi connectivity index (χ3v) is 6.64. The fourth-order valence-corrected chi connectivity index (χ4v) is 4.62. The van der Waals surface area contributed by atoms with E-state index in [4.69, 9.17) is 49.0 Å². The van der Waals surface area contributed by atoms with Crippen LogP contribution in [-0.4, -0.2) is 37.0 Å². The molecule has 3 aromatic rings. The summed E-state index contributed by atoms with van der Waals surface area (Å²) in [7, 11) is 0. The molecule has 212 valence electrons. The van der Waals surface area contributed by atoms with E-state index < -0.39 is 23.8 Å². The summed E-state index contributed by atoms with van der Waals surface area (Å²) in [5.74, 6) is -1.79. The minimum absolute atomic E-state index is 0.0726. The number of urea groups is 1. The van der Waals surface area contributed by atoms with E-state index in [1.165, 1.54) is 36.4 Å². The van der Waals surface area contributed by atoms with Gasteiger partial charge in [-0.25, -0.2) is 14.5 Å². The van der Waals surface area contributed by atoms with Crippen LogP contribution < -0.4 is 19.7 Å². The van der Waals surface area contributed by atoms with E-state index in [2.05, 4.69) is 5.32 Å². The molecule has 1 aliphatic heterocycles. The number of amides is 4. The fourth-order valence-electron chi connectivity index (χ4n) is 3.88. The highest BCUT2D eigenvalue weighted by Crippen LogP contribution is 2.38. The molecule has 1 fully saturated rings. The van der Waals surface area contributed by atoms with Gasteiger partial charge in [0.05, 0.1) is 29.5 Å². The van der Waals surface area contributed by atoms with Crippen molar-refractivity contribution in [2.24, 2.45) is 0 Å². The number of barbiturate groups is 1. The number of halogens is 3. The third kappa shape index (κ3) is 6.82. The van der Waals surface area contributed by atoms with Crippen molar-refractivity contribution in [1.82, 2.24) is 5.32 Å². The van der Waals surface area contributed by atoms with Crippen LogP contribution in [0.2, 0.25) is 15.1 Å². The molecule has 1 N–H and O–H groups in total. The second kappa shape index (κ2) is 13.1. The highest BCUT2D eigenvalue weighted by atomic mass is 35.5. The van der Waals surface area contributed by atoms with Crippen molar-refractivity contribution < 1.29 is 33.4 Å². The second-order valence-electron chi connectivity index (χ2n) is 8.51. The summed E-state index contributed by atoms with van der Waals surface area (Å²) < 4.78 is 16.6. The normalized spacial score (nSPS) is 14.2. The zero-order valence-electron chi connectivity index (χ0n) is 21.8. The highest BCUT2D eigenvalue weighted by Gasteiger charge is 2.37. The van der Waals surface area contributed by atoms with E-state index in [0.717, 1.165) is 4.90 Å². The SMILES string of the molecule is CCOC(=O)c1ccc(N2C(=O)NC(=O)/C(=C\c3cc(Cl)c(OCc4ccc(Cl)cc4Cl)c(OCC)c3)C2=O)cc1. The first kappa shape index (κ1) is 29.9. The standard InChI is InChI=1S/C29H23Cl3N2O7/c1-3-39-24-13-16(12-23(32)25(24)41-15-18-5-8-19(30)14-22(18)31)11-21-26(35)33-29(38)34(27(21)36)20-9-6-17(7-10-20)28(37)40-4-2/h5-14H,3-4,15H2,1-2H3,(H,33,35,38)/b21-11+. The van der Waals surface area contributed by atoms with E-state index in [1.807, 2.05) is 0 Å². The van der Waals surface area contributed by atoms with E-state index in [1.54, 1.807) is 38.1 Å². The minimum atomic E-state index is -0.932. The first-order valence-electron chi connectivity index (χ1n) is 12.3. The van der Waals surface area contributed by atoms with Gasteiger partial charge in [-0.15, -0.1) is 0 Å². The number of nitrogens with zero attached hydrogens (tertiary/aromatic N) is 1. The topological polar surface area (TPSA) is 111 Å². The number of nitrogens with one attached hydrogen (secondary N) is 1. The number of hydrogen-bond donors (Lipinski definition) is 1. The molecule has 4 amide bonds. The van der Waals surface area contributed by atoms with E-state index in [9.17, 15) is 19.2 Å². The maximum absolute atomic E-state index is 13.3. The lowest BCUT2D eigenvalue weighted by molar-refractivity contribution is -0.122. The lowest BCUT2D eigenvalue weighted by Crippen LogP contribution is -2.54. The molecule has 0 aromatic heterocycles. The van der Waals surface area contributed by atoms with Gasteiger partial charge in [0.2, 0.25) is 0 Å². The van der Waals surface area contributed by atoms with Crippen LogP contribution in [0, 0.1) is 0 Å². The maximum Gasteiger partial charge on any atom is 0.338 e. The van der Waals surface area contributed by atoms with Crippen molar-refractivity contribution in [2.75, 3.05) is 18.1 Å². The predicted molar refractivity (Wildman–Crippen MR) is 155 cm³/mol. The predicted octanol–water partition coefficient (Wildman–Crippen LogP) is 6.47. The molecule has 0 bridgehead atoms. The van der Waals surface area contributed by atoms with Gasteiger partial charge in [0, 0.05) is 15.6 Å². The monoisotopic (exact) mass is 616 g/mol. The summed E-state index contributed by atoms with van der Waals surface area (Å²) in [6.07, 6.45) is 1.29. The molecule has 0 unspecified atom stereocenters. The van der Waals surface area contributed by atoms with E-state index >= 15 is 0 Å². The largest absolute Gasteiger partial charge is 0.490 e. The number of esters is 1. The molecule has 1 heterocycles. The molecule has 0 aliphatic carbocycles. The Kier molecular flexibility index (Phi) is 9.54. The van der Waals surface area contributed by atoms with Crippen molar-refractivity contribution in [2.45, 2.75) is 20.5 Å². The molecule has 0 radical (unpaired) electrons. The number of carbonyl (C=O) groups is 4. The number of benzene rings is 3. The summed E-state index contributed by atoms with van der Waals surface area (Å²) in [5, 5.41) is 3.21. The van der Waals surface area contributed by atoms with Gasteiger partial charge in [-0.1, -0.05) is 40.9 Å². The van der Waals surface area contributed by atoms with Crippen LogP contribution in [0.4, 0.5) is 10.5 Å². The quantitative estimate of drug-likeness (QED) is 0.166. The molecular weight excluding hydrogens is 595 g/mol. The van der Waals surface area contributed by atoms with Crippen molar-refractivity contribution in [3.63, 3.8) is 0 Å². The Morgan fingerprint density at radius 1 is 0.902 bits per heavy atom. The summed E-state index contributed by atoms with van der Waals surface area (Å²) >= 11 is 18.7. The molecule has 1 saturated heterocycles. The van der Waals surface area contributed by atoms with Crippen LogP contribution in [0.1, 0.15) is 35.3 Å². The molecule has 1 aliphatic rings. The van der Waals surface area contributed by atoms with Crippen molar-refractivity contribution >= 4 is 70.4 Å². The molecule has 3 aromatic carbocycles. The van der Waals surface area contributed by atoms with Crippen LogP contribution in [-0.2, 0) is 20.9 Å². The van der Waals surface area contributed by atoms with Gasteiger partial charge in [-0.3, -0.25) is 14.9 Å². The first-order chi connectivity index (χ1) is 19.6. The maximum atomic E-state index is 13.3. The number of carbonyl (C=O) groups excluding carboxylic acids is 4. The summed E-state index contributed by atoms with van der Waals surface area (Å²) in [6.45, 7) is 3.99. The van der Waals surface area contributed by atoms with E-state index in [0.29, 0.717) is 21.2 Å². The zero-order chi connectivity index (χ0) is 29.7. The first-order valence-corrected chi connectivity index (χ1v) is 13.5. The summed E-state index contributed by atoms with van der Waals surface area (Å²) in [5.41, 5.74) is 1.09. The van der Waals surface area contributed by atoms with Crippen LogP contribution in [0.3, 0.4) is 0 Å². The molecule has 0 spiro atoms. The Hall–Kier alpha value is -4.05. The third-order valence-electron chi connectivity index (χ3n) is 5.77. The lowest BCUT2D eigenvalue weighted by atomic mass is 10.1. The summed E-state index contributed by atoms with van der Waals surface area (Å²) in [4.78, 5) is 51.3. The Balaban J connectivity index is 1.63. The average Bonchev–Trinajstić information content (AvgIpc) is 2.92. The van der Waals surface area contributed by atoms with Crippen molar-refractivity contribution in [3.05, 3.63) is 91.9 Å². The molecule has 9 nitrogen and oxygen atoms in total. The van der Waals surface area contributed by atoms with Crippen LogP contribution in [0.15, 0.2) is 60.2 Å². The van der Waals surface area contributed by atoms with Crippen molar-refractivity contribution in [1.29, 1.82) is 0 Å². The Morgan fingerprint density at radius 2 is 1.63 bits per heavy atom.